The maximum atomic E-state index is 14.2. The van der Waals surface area contributed by atoms with Gasteiger partial charge >= 0.3 is 0 Å². The zero-order valence-electron chi connectivity index (χ0n) is 22.8. The van der Waals surface area contributed by atoms with Gasteiger partial charge in [-0.2, -0.15) is 0 Å². The Hall–Kier alpha value is -3.62. The number of likely N-dealkylation sites (N-methyl/N-ethyl adjacent to an activating group) is 1. The molecule has 1 aliphatic rings. The Morgan fingerprint density at radius 1 is 1.00 bits per heavy atom. The van der Waals surface area contributed by atoms with Crippen molar-refractivity contribution >= 4 is 46.2 Å². The van der Waals surface area contributed by atoms with E-state index in [0.717, 1.165) is 48.7 Å². The van der Waals surface area contributed by atoms with Crippen molar-refractivity contribution < 1.29 is 14.0 Å². The van der Waals surface area contributed by atoms with E-state index in [1.807, 2.05) is 56.3 Å². The number of nitrogens with two attached hydrogens (primary N) is 1. The van der Waals surface area contributed by atoms with Crippen molar-refractivity contribution in [2.75, 3.05) is 54.5 Å². The normalized spacial score (nSPS) is 14.0. The van der Waals surface area contributed by atoms with Gasteiger partial charge in [0.2, 0.25) is 5.91 Å². The number of amides is 2. The molecule has 0 spiro atoms. The highest BCUT2D eigenvalue weighted by Crippen LogP contribution is 2.34. The van der Waals surface area contributed by atoms with Crippen LogP contribution in [0, 0.1) is 18.7 Å². The quantitative estimate of drug-likeness (QED) is 0.312. The van der Waals surface area contributed by atoms with Crippen LogP contribution < -0.4 is 21.3 Å². The second-order valence-electron chi connectivity index (χ2n) is 10.5. The van der Waals surface area contributed by atoms with E-state index < -0.39 is 11.7 Å². The largest absolute Gasteiger partial charge is 0.396 e. The molecule has 0 saturated carbocycles. The Bertz CT molecular complexity index is 1370. The maximum Gasteiger partial charge on any atom is 0.257 e. The number of piperazine rings is 1. The van der Waals surface area contributed by atoms with Gasteiger partial charge < -0.3 is 26.2 Å². The summed E-state index contributed by atoms with van der Waals surface area (Å²) in [6.07, 6.45) is 0.460. The van der Waals surface area contributed by atoms with Crippen molar-refractivity contribution in [2.45, 2.75) is 27.2 Å². The van der Waals surface area contributed by atoms with Crippen LogP contribution in [0.3, 0.4) is 0 Å². The number of hydrogen-bond acceptors (Lipinski definition) is 5. The predicted molar refractivity (Wildman–Crippen MR) is 158 cm³/mol. The van der Waals surface area contributed by atoms with Gasteiger partial charge in [-0.1, -0.05) is 43.6 Å². The van der Waals surface area contributed by atoms with Crippen LogP contribution in [-0.4, -0.2) is 49.9 Å². The molecule has 2 amide bonds. The van der Waals surface area contributed by atoms with Crippen LogP contribution in [0.2, 0.25) is 5.02 Å². The Labute approximate surface area is 234 Å². The summed E-state index contributed by atoms with van der Waals surface area (Å²) in [6.45, 7) is 8.93. The lowest BCUT2D eigenvalue weighted by Crippen LogP contribution is -2.44. The van der Waals surface area contributed by atoms with Crippen LogP contribution in [0.25, 0.3) is 11.1 Å². The van der Waals surface area contributed by atoms with Crippen molar-refractivity contribution in [1.82, 2.24) is 4.90 Å². The molecule has 0 radical (unpaired) electrons. The van der Waals surface area contributed by atoms with Gasteiger partial charge in [-0.15, -0.1) is 0 Å². The number of carbonyl (C=O) groups is 2. The molecule has 1 aliphatic heterocycles. The summed E-state index contributed by atoms with van der Waals surface area (Å²) in [4.78, 5) is 30.0. The predicted octanol–water partition coefficient (Wildman–Crippen LogP) is 6.03. The van der Waals surface area contributed by atoms with Gasteiger partial charge in [0.25, 0.3) is 5.91 Å². The van der Waals surface area contributed by atoms with Gasteiger partial charge in [-0.25, -0.2) is 4.39 Å². The van der Waals surface area contributed by atoms with E-state index in [9.17, 15) is 14.0 Å². The van der Waals surface area contributed by atoms with Gasteiger partial charge in [0, 0.05) is 43.9 Å². The lowest BCUT2D eigenvalue weighted by atomic mass is 10.0. The van der Waals surface area contributed by atoms with Crippen molar-refractivity contribution in [2.24, 2.45) is 5.92 Å². The molecule has 206 valence electrons. The summed E-state index contributed by atoms with van der Waals surface area (Å²) in [5.74, 6) is -0.831. The van der Waals surface area contributed by atoms with E-state index in [1.54, 1.807) is 0 Å². The fourth-order valence-electron chi connectivity index (χ4n) is 4.62. The number of halogens is 2. The molecular weight excluding hydrogens is 517 g/mol. The second-order valence-corrected chi connectivity index (χ2v) is 10.8. The number of nitrogens with zero attached hydrogens (tertiary/aromatic N) is 2. The summed E-state index contributed by atoms with van der Waals surface area (Å²) in [6, 6.07) is 14.8. The van der Waals surface area contributed by atoms with Crippen LogP contribution in [0.5, 0.6) is 0 Å². The Kier molecular flexibility index (Phi) is 8.77. The van der Waals surface area contributed by atoms with Gasteiger partial charge in [0.1, 0.15) is 0 Å². The van der Waals surface area contributed by atoms with Crippen LogP contribution >= 0.6 is 11.6 Å². The fraction of sp³-hybridized carbons (Fsp3) is 0.333. The molecule has 4 rings (SSSR count). The number of nitrogens with one attached hydrogen (secondary N) is 2. The highest BCUT2D eigenvalue weighted by molar-refractivity contribution is 6.35. The highest BCUT2D eigenvalue weighted by Gasteiger charge is 2.22. The number of benzene rings is 3. The molecule has 3 aromatic carbocycles. The Balaban J connectivity index is 1.65. The maximum absolute atomic E-state index is 14.2. The second kappa shape index (κ2) is 12.1. The van der Waals surface area contributed by atoms with Gasteiger partial charge in [-0.05, 0) is 61.3 Å². The first-order chi connectivity index (χ1) is 18.5. The standard InChI is InChI=1S/C30H35ClFN5O2/c1-18(2)15-27(38)34-22-8-5-20(6-9-22)21-7-10-26(37-13-11-36(4)12-14-37)25(16-21)35-30(39)23-17-24(33)29(32)19(3)28(23)31/h5-10,16-18H,11-15,33H2,1-4H3,(H,34,38)(H,35,39). The summed E-state index contributed by atoms with van der Waals surface area (Å²) < 4.78 is 14.2. The van der Waals surface area contributed by atoms with E-state index in [2.05, 4.69) is 27.5 Å². The van der Waals surface area contributed by atoms with Crippen LogP contribution in [0.1, 0.15) is 36.2 Å². The third-order valence-corrected chi connectivity index (χ3v) is 7.36. The van der Waals surface area contributed by atoms with Crippen LogP contribution in [0.4, 0.5) is 27.1 Å². The number of rotatable bonds is 7. The van der Waals surface area contributed by atoms with Gasteiger partial charge in [0.15, 0.2) is 5.82 Å². The third-order valence-electron chi connectivity index (χ3n) is 6.88. The number of hydrogen-bond donors (Lipinski definition) is 3. The van der Waals surface area contributed by atoms with E-state index in [4.69, 9.17) is 17.3 Å². The van der Waals surface area contributed by atoms with E-state index in [1.165, 1.54) is 13.0 Å². The van der Waals surface area contributed by atoms with Gasteiger partial charge in [0.05, 0.1) is 27.6 Å². The first-order valence-corrected chi connectivity index (χ1v) is 13.4. The molecule has 0 atom stereocenters. The fourth-order valence-corrected chi connectivity index (χ4v) is 4.84. The number of nitrogen functional groups attached to an aromatic ring is 1. The monoisotopic (exact) mass is 551 g/mol. The Morgan fingerprint density at radius 2 is 1.64 bits per heavy atom. The lowest BCUT2D eigenvalue weighted by Gasteiger charge is -2.35. The van der Waals surface area contributed by atoms with E-state index >= 15 is 0 Å². The van der Waals surface area contributed by atoms with Crippen molar-refractivity contribution in [3.8, 4) is 11.1 Å². The molecule has 0 aromatic heterocycles. The zero-order valence-corrected chi connectivity index (χ0v) is 23.5. The third kappa shape index (κ3) is 6.69. The Morgan fingerprint density at radius 3 is 2.28 bits per heavy atom. The zero-order chi connectivity index (χ0) is 28.3. The van der Waals surface area contributed by atoms with Crippen LogP contribution in [-0.2, 0) is 4.79 Å². The SMILES string of the molecule is Cc1c(F)c(N)cc(C(=O)Nc2cc(-c3ccc(NC(=O)CC(C)C)cc3)ccc2N2CCN(C)CC2)c1Cl. The molecule has 1 saturated heterocycles. The average Bonchev–Trinajstić information content (AvgIpc) is 2.90. The average molecular weight is 552 g/mol. The molecular formula is C30H35ClFN5O2. The summed E-state index contributed by atoms with van der Waals surface area (Å²) >= 11 is 6.34. The molecule has 1 fully saturated rings. The number of carbonyl (C=O) groups excluding carboxylic acids is 2. The smallest absolute Gasteiger partial charge is 0.257 e. The van der Waals surface area contributed by atoms with Crippen molar-refractivity contribution in [3.05, 3.63) is 70.5 Å². The minimum absolute atomic E-state index is 0.0189. The molecule has 0 bridgehead atoms. The summed E-state index contributed by atoms with van der Waals surface area (Å²) in [5, 5.41) is 5.96. The van der Waals surface area contributed by atoms with Crippen molar-refractivity contribution in [3.63, 3.8) is 0 Å². The topological polar surface area (TPSA) is 90.7 Å². The van der Waals surface area contributed by atoms with Crippen LogP contribution in [0.15, 0.2) is 48.5 Å². The molecule has 0 aliphatic carbocycles. The van der Waals surface area contributed by atoms with Crippen molar-refractivity contribution in [1.29, 1.82) is 0 Å². The highest BCUT2D eigenvalue weighted by atomic mass is 35.5. The molecule has 39 heavy (non-hydrogen) atoms. The summed E-state index contributed by atoms with van der Waals surface area (Å²) in [5.41, 5.74) is 9.97. The number of anilines is 4. The first-order valence-electron chi connectivity index (χ1n) is 13.1. The van der Waals surface area contributed by atoms with E-state index in [0.29, 0.717) is 12.1 Å². The minimum Gasteiger partial charge on any atom is -0.396 e. The summed E-state index contributed by atoms with van der Waals surface area (Å²) in [7, 11) is 2.08. The molecule has 7 nitrogen and oxygen atoms in total. The van der Waals surface area contributed by atoms with E-state index in [-0.39, 0.29) is 33.7 Å². The first kappa shape index (κ1) is 28.4. The molecule has 3 aromatic rings. The molecule has 0 unspecified atom stereocenters. The molecule has 9 heteroatoms. The molecule has 4 N–H and O–H groups in total. The molecule has 1 heterocycles. The van der Waals surface area contributed by atoms with Gasteiger partial charge in [-0.3, -0.25) is 9.59 Å². The minimum atomic E-state index is -0.625. The lowest BCUT2D eigenvalue weighted by molar-refractivity contribution is -0.116.